The van der Waals surface area contributed by atoms with Crippen LogP contribution in [0.4, 0.5) is 0 Å². The van der Waals surface area contributed by atoms with Crippen molar-refractivity contribution in [3.63, 3.8) is 0 Å². The van der Waals surface area contributed by atoms with Gasteiger partial charge in [-0.15, -0.1) is 0 Å². The number of hydrogen-bond donors (Lipinski definition) is 2. The number of rotatable bonds is 6. The zero-order valence-electron chi connectivity index (χ0n) is 12.1. The second kappa shape index (κ2) is 7.25. The highest BCUT2D eigenvalue weighted by Gasteiger charge is 2.27. The van der Waals surface area contributed by atoms with Gasteiger partial charge >= 0.3 is 11.9 Å². The number of carbonyl (C=O) groups is 2. The highest BCUT2D eigenvalue weighted by molar-refractivity contribution is 5.70. The number of carboxylic acids is 2. The summed E-state index contributed by atoms with van der Waals surface area (Å²) < 4.78 is 0. The zero-order chi connectivity index (χ0) is 15.2. The van der Waals surface area contributed by atoms with Crippen molar-refractivity contribution in [2.75, 3.05) is 0 Å². The third kappa shape index (κ3) is 4.59. The molecule has 4 heteroatoms. The average Bonchev–Trinajstić information content (AvgIpc) is 2.46. The molecular formula is C17H22O4. The second-order valence-electron chi connectivity index (χ2n) is 5.91. The van der Waals surface area contributed by atoms with E-state index < -0.39 is 11.9 Å². The van der Waals surface area contributed by atoms with Gasteiger partial charge in [-0.3, -0.25) is 9.59 Å². The molecule has 0 unspecified atom stereocenters. The minimum absolute atomic E-state index is 0.00725. The van der Waals surface area contributed by atoms with Crippen molar-refractivity contribution in [1.82, 2.24) is 0 Å². The minimum Gasteiger partial charge on any atom is -0.481 e. The summed E-state index contributed by atoms with van der Waals surface area (Å²) in [5, 5.41) is 18.0. The molecule has 4 nitrogen and oxygen atoms in total. The summed E-state index contributed by atoms with van der Waals surface area (Å²) in [6, 6.07) is 7.42. The fourth-order valence-electron chi connectivity index (χ4n) is 3.34. The topological polar surface area (TPSA) is 74.6 Å². The molecule has 21 heavy (non-hydrogen) atoms. The summed E-state index contributed by atoms with van der Waals surface area (Å²) >= 11 is 0. The van der Waals surface area contributed by atoms with Crippen molar-refractivity contribution in [3.05, 3.63) is 35.4 Å². The molecule has 0 saturated heterocycles. The lowest BCUT2D eigenvalue weighted by Gasteiger charge is -2.29. The van der Waals surface area contributed by atoms with Crippen LogP contribution in [0.5, 0.6) is 0 Å². The second-order valence-corrected chi connectivity index (χ2v) is 5.91. The maximum atomic E-state index is 11.2. The molecule has 0 heterocycles. The van der Waals surface area contributed by atoms with E-state index in [1.54, 1.807) is 12.1 Å². The molecule has 114 valence electrons. The Morgan fingerprint density at radius 3 is 2.14 bits per heavy atom. The summed E-state index contributed by atoms with van der Waals surface area (Å²) in [7, 11) is 0. The van der Waals surface area contributed by atoms with E-state index in [1.165, 1.54) is 19.3 Å². The third-order valence-electron chi connectivity index (χ3n) is 4.38. The first-order valence-corrected chi connectivity index (χ1v) is 7.58. The van der Waals surface area contributed by atoms with Crippen LogP contribution >= 0.6 is 0 Å². The molecule has 1 aromatic carbocycles. The predicted octanol–water partition coefficient (Wildman–Crippen LogP) is 3.45. The molecule has 1 atom stereocenters. The lowest BCUT2D eigenvalue weighted by Crippen LogP contribution is -2.19. The Balaban J connectivity index is 2.15. The Morgan fingerprint density at radius 2 is 1.62 bits per heavy atom. The first-order chi connectivity index (χ1) is 10.1. The molecule has 1 aromatic rings. The Bertz CT molecular complexity index is 486. The molecule has 0 aromatic heterocycles. The van der Waals surface area contributed by atoms with Crippen LogP contribution in [0.2, 0.25) is 0 Å². The van der Waals surface area contributed by atoms with E-state index in [9.17, 15) is 14.7 Å². The number of hydrogen-bond acceptors (Lipinski definition) is 2. The van der Waals surface area contributed by atoms with Crippen LogP contribution in [0.3, 0.4) is 0 Å². The Morgan fingerprint density at radius 1 is 1.00 bits per heavy atom. The lowest BCUT2D eigenvalue weighted by molar-refractivity contribution is -0.138. The van der Waals surface area contributed by atoms with Crippen molar-refractivity contribution in [1.29, 1.82) is 0 Å². The fourth-order valence-corrected chi connectivity index (χ4v) is 3.34. The van der Waals surface area contributed by atoms with E-state index in [4.69, 9.17) is 5.11 Å². The molecular weight excluding hydrogens is 268 g/mol. The van der Waals surface area contributed by atoms with Crippen LogP contribution in [0.1, 0.15) is 55.6 Å². The van der Waals surface area contributed by atoms with Crippen molar-refractivity contribution in [2.45, 2.75) is 50.9 Å². The van der Waals surface area contributed by atoms with E-state index in [0.717, 1.165) is 24.0 Å². The summed E-state index contributed by atoms with van der Waals surface area (Å²) in [6.45, 7) is 0. The van der Waals surface area contributed by atoms with Gasteiger partial charge in [0.05, 0.1) is 12.8 Å². The Labute approximate surface area is 124 Å². The van der Waals surface area contributed by atoms with E-state index in [0.29, 0.717) is 5.92 Å². The van der Waals surface area contributed by atoms with E-state index in [2.05, 4.69) is 0 Å². The number of carboxylic acid groups (broad SMARTS) is 2. The molecule has 0 radical (unpaired) electrons. The van der Waals surface area contributed by atoms with Crippen LogP contribution < -0.4 is 0 Å². The largest absolute Gasteiger partial charge is 0.481 e. The highest BCUT2D eigenvalue weighted by Crippen LogP contribution is 2.38. The summed E-state index contributed by atoms with van der Waals surface area (Å²) in [4.78, 5) is 21.9. The molecule has 0 aliphatic heterocycles. The first-order valence-electron chi connectivity index (χ1n) is 7.58. The van der Waals surface area contributed by atoms with Crippen LogP contribution in [0, 0.1) is 5.92 Å². The Kier molecular flexibility index (Phi) is 5.37. The van der Waals surface area contributed by atoms with Gasteiger partial charge in [0.25, 0.3) is 0 Å². The van der Waals surface area contributed by atoms with Crippen molar-refractivity contribution in [2.24, 2.45) is 5.92 Å². The van der Waals surface area contributed by atoms with E-state index >= 15 is 0 Å². The van der Waals surface area contributed by atoms with Gasteiger partial charge in [-0.2, -0.15) is 0 Å². The van der Waals surface area contributed by atoms with Crippen molar-refractivity contribution < 1.29 is 19.8 Å². The Hall–Kier alpha value is -1.84. The molecule has 2 rings (SSSR count). The molecule has 1 saturated carbocycles. The minimum atomic E-state index is -0.850. The standard InChI is InChI=1S/C17H22O4/c18-16(19)10-12-6-8-14(9-7-12)15(11-17(20)21)13-4-2-1-3-5-13/h6-9,13,15H,1-5,10-11H2,(H,18,19)(H,20,21)/t15-/m1/s1. The quantitative estimate of drug-likeness (QED) is 0.841. The molecule has 0 bridgehead atoms. The highest BCUT2D eigenvalue weighted by atomic mass is 16.4. The zero-order valence-corrected chi connectivity index (χ0v) is 12.1. The maximum absolute atomic E-state index is 11.2. The smallest absolute Gasteiger partial charge is 0.307 e. The van der Waals surface area contributed by atoms with Gasteiger partial charge in [-0.1, -0.05) is 43.5 Å². The molecule has 0 amide bonds. The third-order valence-corrected chi connectivity index (χ3v) is 4.38. The van der Waals surface area contributed by atoms with Gasteiger partial charge in [-0.25, -0.2) is 0 Å². The molecule has 1 aliphatic carbocycles. The predicted molar refractivity (Wildman–Crippen MR) is 79.4 cm³/mol. The van der Waals surface area contributed by atoms with Gasteiger partial charge in [0.2, 0.25) is 0 Å². The molecule has 1 aliphatic rings. The monoisotopic (exact) mass is 290 g/mol. The summed E-state index contributed by atoms with van der Waals surface area (Å²) in [5.41, 5.74) is 1.78. The SMILES string of the molecule is O=C(O)Cc1ccc([C@H](CC(=O)O)C2CCCCC2)cc1. The van der Waals surface area contributed by atoms with Crippen molar-refractivity contribution in [3.8, 4) is 0 Å². The maximum Gasteiger partial charge on any atom is 0.307 e. The number of benzene rings is 1. The van der Waals surface area contributed by atoms with Gasteiger partial charge < -0.3 is 10.2 Å². The van der Waals surface area contributed by atoms with Crippen LogP contribution in [0.15, 0.2) is 24.3 Å². The van der Waals surface area contributed by atoms with Gasteiger partial charge in [0.1, 0.15) is 0 Å². The van der Waals surface area contributed by atoms with Crippen LogP contribution in [0.25, 0.3) is 0 Å². The molecule has 0 spiro atoms. The van der Waals surface area contributed by atoms with Crippen LogP contribution in [-0.2, 0) is 16.0 Å². The summed E-state index contributed by atoms with van der Waals surface area (Å²) in [5.74, 6) is -1.14. The molecule has 1 fully saturated rings. The van der Waals surface area contributed by atoms with Gasteiger partial charge in [0, 0.05) is 0 Å². The first kappa shape index (κ1) is 15.5. The van der Waals surface area contributed by atoms with Crippen LogP contribution in [-0.4, -0.2) is 22.2 Å². The van der Waals surface area contributed by atoms with Crippen molar-refractivity contribution >= 4 is 11.9 Å². The summed E-state index contributed by atoms with van der Waals surface area (Å²) in [6.07, 6.45) is 5.95. The van der Waals surface area contributed by atoms with E-state index in [1.807, 2.05) is 12.1 Å². The number of aliphatic carboxylic acids is 2. The average molecular weight is 290 g/mol. The van der Waals surface area contributed by atoms with E-state index in [-0.39, 0.29) is 18.8 Å². The molecule has 2 N–H and O–H groups in total. The van der Waals surface area contributed by atoms with Gasteiger partial charge in [-0.05, 0) is 35.8 Å². The lowest BCUT2D eigenvalue weighted by atomic mass is 9.75. The van der Waals surface area contributed by atoms with Gasteiger partial charge in [0.15, 0.2) is 0 Å². The normalized spacial score (nSPS) is 17.3. The fraction of sp³-hybridized carbons (Fsp3) is 0.529.